The number of nitrogens with two attached hydrogens (primary N) is 1. The number of nitrogens with zero attached hydrogens (tertiary/aromatic N) is 1. The highest BCUT2D eigenvalue weighted by atomic mass is 32.1. The lowest BCUT2D eigenvalue weighted by Gasteiger charge is -2.07. The number of benzene rings is 1. The summed E-state index contributed by atoms with van der Waals surface area (Å²) in [7, 11) is 0. The number of halogens is 1. The molecular weight excluding hydrogens is 297 g/mol. The maximum atomic E-state index is 13.5. The molecule has 0 saturated heterocycles. The number of carbonyl (C=O) groups is 2. The quantitative estimate of drug-likeness (QED) is 0.780. The molecule has 6 nitrogen and oxygen atoms in total. The molecule has 21 heavy (non-hydrogen) atoms. The molecule has 110 valence electrons. The topological polar surface area (TPSA) is 105 Å². The minimum Gasteiger partial charge on any atom is -0.478 e. The van der Waals surface area contributed by atoms with E-state index in [9.17, 15) is 14.0 Å². The summed E-state index contributed by atoms with van der Waals surface area (Å²) in [5, 5.41) is 13.6. The zero-order valence-electron chi connectivity index (χ0n) is 10.8. The van der Waals surface area contributed by atoms with E-state index < -0.39 is 23.3 Å². The van der Waals surface area contributed by atoms with Crippen molar-refractivity contribution in [3.63, 3.8) is 0 Å². The van der Waals surface area contributed by atoms with Crippen LogP contribution in [0, 0.1) is 5.82 Å². The number of carboxylic acids is 1. The molecule has 0 bridgehead atoms. The van der Waals surface area contributed by atoms with Crippen LogP contribution < -0.4 is 11.1 Å². The Morgan fingerprint density at radius 2 is 2.19 bits per heavy atom. The summed E-state index contributed by atoms with van der Waals surface area (Å²) in [5.74, 6) is -2.96. The Morgan fingerprint density at radius 3 is 2.86 bits per heavy atom. The second-order valence-corrected chi connectivity index (χ2v) is 5.03. The number of anilines is 1. The molecule has 0 radical (unpaired) electrons. The van der Waals surface area contributed by atoms with Crippen molar-refractivity contribution in [2.45, 2.75) is 6.42 Å². The Balaban J connectivity index is 2.23. The fourth-order valence-electron chi connectivity index (χ4n) is 1.69. The van der Waals surface area contributed by atoms with E-state index in [1.165, 1.54) is 23.5 Å². The third-order valence-electron chi connectivity index (χ3n) is 2.62. The van der Waals surface area contributed by atoms with Gasteiger partial charge < -0.3 is 16.2 Å². The maximum absolute atomic E-state index is 13.5. The minimum atomic E-state index is -1.45. The van der Waals surface area contributed by atoms with E-state index in [2.05, 4.69) is 10.3 Å². The summed E-state index contributed by atoms with van der Waals surface area (Å²) in [6.45, 7) is 0.418. The van der Waals surface area contributed by atoms with Crippen molar-refractivity contribution in [2.24, 2.45) is 5.73 Å². The summed E-state index contributed by atoms with van der Waals surface area (Å²) in [6.07, 6.45) is 0.554. The van der Waals surface area contributed by atoms with E-state index in [0.717, 1.165) is 6.07 Å². The number of nitrogens with one attached hydrogen (secondary N) is 1. The predicted molar refractivity (Wildman–Crippen MR) is 76.2 cm³/mol. The normalized spacial score (nSPS) is 10.4. The number of hydrogen-bond donors (Lipinski definition) is 3. The van der Waals surface area contributed by atoms with Crippen molar-refractivity contribution in [1.82, 2.24) is 4.98 Å². The standard InChI is InChI=1S/C13H12FN3O3S/c14-7-2-1-3-8(11(7)13(19)20)17-12(18)9-6-21-10(16-9)4-5-15/h1-3,6H,4-5,15H2,(H,17,18)(H,19,20). The maximum Gasteiger partial charge on any atom is 0.340 e. The molecule has 0 aliphatic carbocycles. The molecule has 0 saturated carbocycles. The summed E-state index contributed by atoms with van der Waals surface area (Å²) in [5.41, 5.74) is 4.85. The van der Waals surface area contributed by atoms with Gasteiger partial charge in [-0.05, 0) is 18.7 Å². The molecule has 0 spiro atoms. The lowest BCUT2D eigenvalue weighted by molar-refractivity contribution is 0.0693. The SMILES string of the molecule is NCCc1nc(C(=O)Nc2cccc(F)c2C(=O)O)cs1. The fraction of sp³-hybridized carbons (Fsp3) is 0.154. The first-order valence-electron chi connectivity index (χ1n) is 6.00. The molecule has 1 aromatic carbocycles. The monoisotopic (exact) mass is 309 g/mol. The molecule has 2 rings (SSSR count). The predicted octanol–water partition coefficient (Wildman–Crippen LogP) is 1.73. The number of aromatic carboxylic acids is 1. The zero-order chi connectivity index (χ0) is 15.4. The number of aromatic nitrogens is 1. The van der Waals surface area contributed by atoms with Crippen LogP contribution in [0.3, 0.4) is 0 Å². The van der Waals surface area contributed by atoms with Crippen LogP contribution in [-0.4, -0.2) is 28.5 Å². The van der Waals surface area contributed by atoms with Crippen molar-refractivity contribution < 1.29 is 19.1 Å². The molecule has 4 N–H and O–H groups in total. The van der Waals surface area contributed by atoms with Crippen LogP contribution in [0.4, 0.5) is 10.1 Å². The first-order valence-corrected chi connectivity index (χ1v) is 6.88. The summed E-state index contributed by atoms with van der Waals surface area (Å²) < 4.78 is 13.5. The number of rotatable bonds is 5. The van der Waals surface area contributed by atoms with Crippen LogP contribution in [0.1, 0.15) is 25.9 Å². The van der Waals surface area contributed by atoms with Gasteiger partial charge in [-0.15, -0.1) is 11.3 Å². The highest BCUT2D eigenvalue weighted by Crippen LogP contribution is 2.20. The van der Waals surface area contributed by atoms with Gasteiger partial charge in [-0.2, -0.15) is 0 Å². The molecule has 0 aliphatic heterocycles. The highest BCUT2D eigenvalue weighted by molar-refractivity contribution is 7.09. The van der Waals surface area contributed by atoms with Crippen LogP contribution in [0.5, 0.6) is 0 Å². The number of carbonyl (C=O) groups excluding carboxylic acids is 1. The molecule has 0 fully saturated rings. The first kappa shape index (κ1) is 15.1. The van der Waals surface area contributed by atoms with Crippen LogP contribution in [-0.2, 0) is 6.42 Å². The lowest BCUT2D eigenvalue weighted by Crippen LogP contribution is -2.16. The molecule has 1 heterocycles. The largest absolute Gasteiger partial charge is 0.478 e. The molecular formula is C13H12FN3O3S. The number of carboxylic acid groups (broad SMARTS) is 1. The highest BCUT2D eigenvalue weighted by Gasteiger charge is 2.19. The zero-order valence-corrected chi connectivity index (χ0v) is 11.6. The van der Waals surface area contributed by atoms with E-state index in [1.807, 2.05) is 0 Å². The van der Waals surface area contributed by atoms with Gasteiger partial charge in [-0.1, -0.05) is 6.07 Å². The van der Waals surface area contributed by atoms with Gasteiger partial charge >= 0.3 is 5.97 Å². The van der Waals surface area contributed by atoms with E-state index in [4.69, 9.17) is 10.8 Å². The Morgan fingerprint density at radius 1 is 1.43 bits per heavy atom. The molecule has 1 aromatic heterocycles. The smallest absolute Gasteiger partial charge is 0.340 e. The fourth-order valence-corrected chi connectivity index (χ4v) is 2.48. The van der Waals surface area contributed by atoms with Gasteiger partial charge in [0.05, 0.1) is 10.7 Å². The number of thiazole rings is 1. The van der Waals surface area contributed by atoms with Crippen molar-refractivity contribution in [1.29, 1.82) is 0 Å². The Bertz CT molecular complexity index is 687. The number of hydrogen-bond acceptors (Lipinski definition) is 5. The van der Waals surface area contributed by atoms with Crippen molar-refractivity contribution >= 4 is 28.9 Å². The first-order chi connectivity index (χ1) is 10.0. The van der Waals surface area contributed by atoms with E-state index >= 15 is 0 Å². The van der Waals surface area contributed by atoms with Gasteiger partial charge in [-0.3, -0.25) is 4.79 Å². The van der Waals surface area contributed by atoms with E-state index in [-0.39, 0.29) is 11.4 Å². The van der Waals surface area contributed by atoms with Gasteiger partial charge in [0.1, 0.15) is 17.1 Å². The summed E-state index contributed by atoms with van der Waals surface area (Å²) in [6, 6.07) is 3.65. The summed E-state index contributed by atoms with van der Waals surface area (Å²) in [4.78, 5) is 27.1. The van der Waals surface area contributed by atoms with Gasteiger partial charge in [-0.25, -0.2) is 14.2 Å². The van der Waals surface area contributed by atoms with Crippen LogP contribution in [0.15, 0.2) is 23.6 Å². The van der Waals surface area contributed by atoms with Gasteiger partial charge in [0.25, 0.3) is 5.91 Å². The molecule has 0 atom stereocenters. The van der Waals surface area contributed by atoms with Crippen molar-refractivity contribution in [2.75, 3.05) is 11.9 Å². The van der Waals surface area contributed by atoms with E-state index in [1.54, 1.807) is 5.38 Å². The summed E-state index contributed by atoms with van der Waals surface area (Å²) >= 11 is 1.28. The second kappa shape index (κ2) is 6.42. The Hall–Kier alpha value is -2.32. The molecule has 0 aliphatic rings. The number of amides is 1. The third-order valence-corrected chi connectivity index (χ3v) is 3.53. The molecule has 1 amide bonds. The molecule has 2 aromatic rings. The minimum absolute atomic E-state index is 0.110. The second-order valence-electron chi connectivity index (χ2n) is 4.09. The average molecular weight is 309 g/mol. The van der Waals surface area contributed by atoms with Crippen LogP contribution >= 0.6 is 11.3 Å². The Labute approximate surface area is 123 Å². The molecule has 0 unspecified atom stereocenters. The van der Waals surface area contributed by atoms with Crippen molar-refractivity contribution in [3.8, 4) is 0 Å². The molecule has 8 heteroatoms. The Kier molecular flexibility index (Phi) is 4.61. The lowest BCUT2D eigenvalue weighted by atomic mass is 10.1. The van der Waals surface area contributed by atoms with Crippen LogP contribution in [0.2, 0.25) is 0 Å². The average Bonchev–Trinajstić information content (AvgIpc) is 2.87. The van der Waals surface area contributed by atoms with E-state index in [0.29, 0.717) is 18.0 Å². The van der Waals surface area contributed by atoms with Crippen molar-refractivity contribution in [3.05, 3.63) is 45.7 Å². The van der Waals surface area contributed by atoms with Gasteiger partial charge in [0.15, 0.2) is 0 Å². The third kappa shape index (κ3) is 3.41. The van der Waals surface area contributed by atoms with Crippen LogP contribution in [0.25, 0.3) is 0 Å². The van der Waals surface area contributed by atoms with Gasteiger partial charge in [0, 0.05) is 11.8 Å². The van der Waals surface area contributed by atoms with Gasteiger partial charge in [0.2, 0.25) is 0 Å².